The van der Waals surface area contributed by atoms with Crippen LogP contribution in [-0.2, 0) is 0 Å². The van der Waals surface area contributed by atoms with E-state index in [1.165, 1.54) is 6.20 Å². The van der Waals surface area contributed by atoms with Gasteiger partial charge in [0.1, 0.15) is 5.82 Å². The Morgan fingerprint density at radius 2 is 2.22 bits per heavy atom. The maximum Gasteiger partial charge on any atom is 0.145 e. The number of hydrogen-bond donors (Lipinski definition) is 0. The lowest BCUT2D eigenvalue weighted by Gasteiger charge is -1.94. The van der Waals surface area contributed by atoms with E-state index in [1.54, 1.807) is 6.92 Å². The third-order valence-corrected chi connectivity index (χ3v) is 1.47. The van der Waals surface area contributed by atoms with Gasteiger partial charge in [0.05, 0.1) is 11.2 Å². The van der Waals surface area contributed by atoms with Gasteiger partial charge >= 0.3 is 0 Å². The highest BCUT2D eigenvalue weighted by Gasteiger charge is 1.99. The predicted octanol–water partition coefficient (Wildman–Crippen LogP) is 2.18. The highest BCUT2D eigenvalue weighted by atomic mass is 35.5. The second-order valence-electron chi connectivity index (χ2n) is 1.73. The summed E-state index contributed by atoms with van der Waals surface area (Å²) in [5, 5.41) is 0.370. The Hall–Kier alpha value is -0.630. The molecule has 9 heavy (non-hydrogen) atoms. The standard InChI is InChI=1S/C6H5ClFN/c1-4-5(7)2-9-3-6(4)8/h2-3H,1H3. The van der Waals surface area contributed by atoms with Crippen molar-refractivity contribution in [3.05, 3.63) is 28.8 Å². The second-order valence-corrected chi connectivity index (χ2v) is 2.14. The summed E-state index contributed by atoms with van der Waals surface area (Å²) >= 11 is 5.51. The van der Waals surface area contributed by atoms with Crippen LogP contribution in [0.3, 0.4) is 0 Å². The zero-order valence-corrected chi connectivity index (χ0v) is 5.61. The first kappa shape index (κ1) is 6.49. The normalized spacial score (nSPS) is 9.67. The Labute approximate surface area is 57.5 Å². The van der Waals surface area contributed by atoms with Crippen molar-refractivity contribution < 1.29 is 4.39 Å². The Bertz CT molecular complexity index is 204. The van der Waals surface area contributed by atoms with E-state index >= 15 is 0 Å². The van der Waals surface area contributed by atoms with E-state index in [1.807, 2.05) is 0 Å². The van der Waals surface area contributed by atoms with Gasteiger partial charge in [0.2, 0.25) is 0 Å². The van der Waals surface area contributed by atoms with Crippen LogP contribution in [0.15, 0.2) is 12.4 Å². The first-order chi connectivity index (χ1) is 4.22. The van der Waals surface area contributed by atoms with Gasteiger partial charge in [-0.25, -0.2) is 4.39 Å². The molecule has 0 aromatic carbocycles. The van der Waals surface area contributed by atoms with Crippen molar-refractivity contribution >= 4 is 11.6 Å². The summed E-state index contributed by atoms with van der Waals surface area (Å²) in [5.41, 5.74) is 0.451. The molecule has 0 saturated heterocycles. The third-order valence-electron chi connectivity index (χ3n) is 1.09. The molecule has 48 valence electrons. The molecule has 1 aromatic heterocycles. The monoisotopic (exact) mass is 145 g/mol. The first-order valence-corrected chi connectivity index (χ1v) is 2.85. The van der Waals surface area contributed by atoms with Crippen molar-refractivity contribution in [2.45, 2.75) is 6.92 Å². The molecule has 0 unspecified atom stereocenters. The summed E-state index contributed by atoms with van der Waals surface area (Å²) in [6.07, 6.45) is 2.56. The zero-order valence-electron chi connectivity index (χ0n) is 4.86. The molecule has 1 nitrogen and oxygen atoms in total. The van der Waals surface area contributed by atoms with E-state index in [4.69, 9.17) is 11.6 Å². The molecular formula is C6H5ClFN. The number of halogens is 2. The van der Waals surface area contributed by atoms with Crippen LogP contribution in [-0.4, -0.2) is 4.98 Å². The van der Waals surface area contributed by atoms with Crippen molar-refractivity contribution in [2.24, 2.45) is 0 Å². The Morgan fingerprint density at radius 1 is 1.56 bits per heavy atom. The number of pyridine rings is 1. The number of aromatic nitrogens is 1. The molecule has 0 fully saturated rings. The average molecular weight is 146 g/mol. The van der Waals surface area contributed by atoms with Gasteiger partial charge in [-0.1, -0.05) is 11.6 Å². The molecule has 0 atom stereocenters. The lowest BCUT2D eigenvalue weighted by Crippen LogP contribution is -1.83. The number of rotatable bonds is 0. The van der Waals surface area contributed by atoms with Crippen molar-refractivity contribution in [3.8, 4) is 0 Å². The van der Waals surface area contributed by atoms with E-state index in [0.717, 1.165) is 6.20 Å². The fraction of sp³-hybridized carbons (Fsp3) is 0.167. The van der Waals surface area contributed by atoms with Gasteiger partial charge in [0.15, 0.2) is 0 Å². The minimum atomic E-state index is -0.359. The van der Waals surface area contributed by atoms with Crippen molar-refractivity contribution in [1.29, 1.82) is 0 Å². The van der Waals surface area contributed by atoms with Gasteiger partial charge < -0.3 is 0 Å². The maximum atomic E-state index is 12.4. The Morgan fingerprint density at radius 3 is 2.67 bits per heavy atom. The SMILES string of the molecule is Cc1c(F)cncc1Cl. The lowest BCUT2D eigenvalue weighted by molar-refractivity contribution is 0.612. The van der Waals surface area contributed by atoms with Crippen LogP contribution in [0.1, 0.15) is 5.56 Å². The Balaban J connectivity index is 3.25. The van der Waals surface area contributed by atoms with Crippen molar-refractivity contribution in [2.75, 3.05) is 0 Å². The number of hydrogen-bond acceptors (Lipinski definition) is 1. The van der Waals surface area contributed by atoms with Crippen LogP contribution in [0, 0.1) is 12.7 Å². The van der Waals surface area contributed by atoms with Crippen LogP contribution in [0.4, 0.5) is 4.39 Å². The quantitative estimate of drug-likeness (QED) is 0.545. The summed E-state index contributed by atoms with van der Waals surface area (Å²) in [6.45, 7) is 1.61. The highest BCUT2D eigenvalue weighted by Crippen LogP contribution is 2.14. The zero-order chi connectivity index (χ0) is 6.85. The topological polar surface area (TPSA) is 12.9 Å². The summed E-state index contributed by atoms with van der Waals surface area (Å²) < 4.78 is 12.4. The molecule has 0 aliphatic carbocycles. The van der Waals surface area contributed by atoms with E-state index in [-0.39, 0.29) is 5.82 Å². The molecule has 0 amide bonds. The van der Waals surface area contributed by atoms with Crippen LogP contribution in [0.5, 0.6) is 0 Å². The molecule has 0 radical (unpaired) electrons. The lowest BCUT2D eigenvalue weighted by atomic mass is 10.3. The molecule has 1 heterocycles. The smallest absolute Gasteiger partial charge is 0.145 e. The summed E-state index contributed by atoms with van der Waals surface area (Å²) in [6, 6.07) is 0. The van der Waals surface area contributed by atoms with Gasteiger partial charge in [0.25, 0.3) is 0 Å². The average Bonchev–Trinajstić information content (AvgIpc) is 1.83. The second kappa shape index (κ2) is 2.31. The third kappa shape index (κ3) is 1.19. The molecule has 0 aliphatic heterocycles. The predicted molar refractivity (Wildman–Crippen MR) is 33.9 cm³/mol. The molecule has 0 N–H and O–H groups in total. The van der Waals surface area contributed by atoms with E-state index in [9.17, 15) is 4.39 Å². The maximum absolute atomic E-state index is 12.4. The fourth-order valence-corrected chi connectivity index (χ4v) is 0.622. The summed E-state index contributed by atoms with van der Waals surface area (Å²) in [5.74, 6) is -0.359. The van der Waals surface area contributed by atoms with Gasteiger partial charge in [-0.2, -0.15) is 0 Å². The summed E-state index contributed by atoms with van der Waals surface area (Å²) in [7, 11) is 0. The van der Waals surface area contributed by atoms with Crippen molar-refractivity contribution in [3.63, 3.8) is 0 Å². The molecule has 3 heteroatoms. The molecule has 1 aromatic rings. The fourth-order valence-electron chi connectivity index (χ4n) is 0.476. The van der Waals surface area contributed by atoms with Crippen molar-refractivity contribution in [1.82, 2.24) is 4.98 Å². The first-order valence-electron chi connectivity index (χ1n) is 2.47. The largest absolute Gasteiger partial charge is 0.260 e. The van der Waals surface area contributed by atoms with Gasteiger partial charge in [-0.3, -0.25) is 4.98 Å². The molecule has 0 bridgehead atoms. The number of nitrogens with zero attached hydrogens (tertiary/aromatic N) is 1. The Kier molecular flexibility index (Phi) is 1.67. The molecule has 0 spiro atoms. The highest BCUT2D eigenvalue weighted by molar-refractivity contribution is 6.31. The molecule has 1 rings (SSSR count). The molecular weight excluding hydrogens is 141 g/mol. The van der Waals surface area contributed by atoms with Crippen LogP contribution >= 0.6 is 11.6 Å². The van der Waals surface area contributed by atoms with Gasteiger partial charge in [0, 0.05) is 11.8 Å². The van der Waals surface area contributed by atoms with E-state index in [2.05, 4.69) is 4.98 Å². The minimum absolute atomic E-state index is 0.359. The van der Waals surface area contributed by atoms with Crippen LogP contribution in [0.2, 0.25) is 5.02 Å². The minimum Gasteiger partial charge on any atom is -0.260 e. The van der Waals surface area contributed by atoms with Gasteiger partial charge in [-0.15, -0.1) is 0 Å². The van der Waals surface area contributed by atoms with Crippen LogP contribution < -0.4 is 0 Å². The van der Waals surface area contributed by atoms with E-state index in [0.29, 0.717) is 10.6 Å². The van der Waals surface area contributed by atoms with Crippen LogP contribution in [0.25, 0.3) is 0 Å². The van der Waals surface area contributed by atoms with Gasteiger partial charge in [-0.05, 0) is 6.92 Å². The molecule has 0 saturated carbocycles. The van der Waals surface area contributed by atoms with E-state index < -0.39 is 0 Å². The molecule has 0 aliphatic rings. The summed E-state index contributed by atoms with van der Waals surface area (Å²) in [4.78, 5) is 3.54.